The van der Waals surface area contributed by atoms with E-state index in [2.05, 4.69) is 15.0 Å². The van der Waals surface area contributed by atoms with Crippen LogP contribution in [-0.2, 0) is 4.74 Å². The van der Waals surface area contributed by atoms with Gasteiger partial charge in [-0.2, -0.15) is 0 Å². The van der Waals surface area contributed by atoms with E-state index < -0.39 is 11.8 Å². The Morgan fingerprint density at radius 3 is 2.76 bits per heavy atom. The third-order valence-electron chi connectivity index (χ3n) is 2.84. The van der Waals surface area contributed by atoms with Gasteiger partial charge in [-0.15, -0.1) is 0 Å². The number of piperazine rings is 1. The molecule has 1 aliphatic heterocycles. The van der Waals surface area contributed by atoms with E-state index in [1.54, 1.807) is 12.1 Å². The molecule has 1 aliphatic rings. The number of methoxy groups -OCH3 is 1. The third kappa shape index (κ3) is 2.55. The fourth-order valence-electron chi connectivity index (χ4n) is 1.90. The van der Waals surface area contributed by atoms with Gasteiger partial charge >= 0.3 is 5.97 Å². The zero-order valence-electron chi connectivity index (χ0n) is 9.70. The highest BCUT2D eigenvalue weighted by molar-refractivity contribution is 5.90. The number of anilines is 1. The van der Waals surface area contributed by atoms with Crippen molar-refractivity contribution in [3.05, 3.63) is 29.6 Å². The number of halogens is 1. The molecule has 0 aliphatic carbocycles. The van der Waals surface area contributed by atoms with Crippen LogP contribution in [0.25, 0.3) is 0 Å². The van der Waals surface area contributed by atoms with Crippen molar-refractivity contribution >= 4 is 11.7 Å². The number of nitrogens with zero attached hydrogens (tertiary/aromatic N) is 1. The number of hydrogen-bond donors (Lipinski definition) is 1. The number of carbonyl (C=O) groups excluding carboxylic acids is 1. The second-order valence-electron chi connectivity index (χ2n) is 3.89. The number of benzene rings is 1. The van der Waals surface area contributed by atoms with E-state index in [-0.39, 0.29) is 5.56 Å². The van der Waals surface area contributed by atoms with Crippen molar-refractivity contribution in [2.24, 2.45) is 0 Å². The number of ether oxygens (including phenoxy) is 1. The number of nitrogens with one attached hydrogen (secondary N) is 1. The number of carbonyl (C=O) groups is 1. The van der Waals surface area contributed by atoms with Crippen LogP contribution in [0.2, 0.25) is 0 Å². The molecule has 4 nitrogen and oxygen atoms in total. The van der Waals surface area contributed by atoms with Gasteiger partial charge in [-0.1, -0.05) is 0 Å². The maximum absolute atomic E-state index is 13.4. The number of rotatable bonds is 2. The molecule has 1 aromatic rings. The van der Waals surface area contributed by atoms with E-state index in [4.69, 9.17) is 0 Å². The summed E-state index contributed by atoms with van der Waals surface area (Å²) in [5.74, 6) is -1.18. The molecule has 0 unspecified atom stereocenters. The van der Waals surface area contributed by atoms with Gasteiger partial charge in [0, 0.05) is 31.9 Å². The van der Waals surface area contributed by atoms with Gasteiger partial charge in [-0.25, -0.2) is 9.18 Å². The van der Waals surface area contributed by atoms with Crippen molar-refractivity contribution in [3.8, 4) is 0 Å². The summed E-state index contributed by atoms with van der Waals surface area (Å²) < 4.78 is 18.0. The summed E-state index contributed by atoms with van der Waals surface area (Å²) in [7, 11) is 1.25. The van der Waals surface area contributed by atoms with Gasteiger partial charge in [0.2, 0.25) is 0 Å². The highest BCUT2D eigenvalue weighted by atomic mass is 19.1. The number of hydrogen-bond acceptors (Lipinski definition) is 4. The summed E-state index contributed by atoms with van der Waals surface area (Å²) in [6.07, 6.45) is 0. The van der Waals surface area contributed by atoms with Crippen LogP contribution in [-0.4, -0.2) is 39.3 Å². The quantitative estimate of drug-likeness (QED) is 0.781. The Labute approximate surface area is 99.4 Å². The topological polar surface area (TPSA) is 41.6 Å². The van der Waals surface area contributed by atoms with E-state index in [1.165, 1.54) is 13.2 Å². The second kappa shape index (κ2) is 5.14. The molecule has 0 atom stereocenters. The van der Waals surface area contributed by atoms with Crippen LogP contribution in [0.5, 0.6) is 0 Å². The first-order chi connectivity index (χ1) is 8.22. The lowest BCUT2D eigenvalue weighted by molar-refractivity contribution is 0.0595. The molecule has 92 valence electrons. The lowest BCUT2D eigenvalue weighted by Crippen LogP contribution is -2.43. The van der Waals surface area contributed by atoms with E-state index in [9.17, 15) is 9.18 Å². The molecule has 1 aromatic carbocycles. The Balaban J connectivity index is 2.26. The molecular formula is C12H15FN2O2. The summed E-state index contributed by atoms with van der Waals surface area (Å²) in [5.41, 5.74) is 0.844. The van der Waals surface area contributed by atoms with Crippen molar-refractivity contribution in [2.75, 3.05) is 38.2 Å². The van der Waals surface area contributed by atoms with Gasteiger partial charge in [0.15, 0.2) is 0 Å². The average Bonchev–Trinajstić information content (AvgIpc) is 2.39. The Morgan fingerprint density at radius 2 is 2.12 bits per heavy atom. The Bertz CT molecular complexity index is 417. The molecule has 0 saturated carbocycles. The maximum Gasteiger partial charge on any atom is 0.340 e. The summed E-state index contributed by atoms with van der Waals surface area (Å²) in [5, 5.41) is 3.24. The second-order valence-corrected chi connectivity index (χ2v) is 3.89. The summed E-state index contributed by atoms with van der Waals surface area (Å²) in [6.45, 7) is 3.49. The molecule has 17 heavy (non-hydrogen) atoms. The van der Waals surface area contributed by atoms with Crippen LogP contribution in [0.3, 0.4) is 0 Å². The Kier molecular flexibility index (Phi) is 3.58. The van der Waals surface area contributed by atoms with Crippen molar-refractivity contribution in [3.63, 3.8) is 0 Å². The van der Waals surface area contributed by atoms with Crippen molar-refractivity contribution in [1.29, 1.82) is 0 Å². The van der Waals surface area contributed by atoms with Crippen LogP contribution in [0.1, 0.15) is 10.4 Å². The lowest BCUT2D eigenvalue weighted by Gasteiger charge is -2.29. The van der Waals surface area contributed by atoms with Gasteiger partial charge < -0.3 is 15.0 Å². The number of esters is 1. The molecule has 0 radical (unpaired) electrons. The van der Waals surface area contributed by atoms with Crippen molar-refractivity contribution in [2.45, 2.75) is 0 Å². The van der Waals surface area contributed by atoms with Crippen molar-refractivity contribution in [1.82, 2.24) is 5.32 Å². The third-order valence-corrected chi connectivity index (χ3v) is 2.84. The zero-order valence-corrected chi connectivity index (χ0v) is 9.70. The molecule has 0 bridgehead atoms. The van der Waals surface area contributed by atoms with Gasteiger partial charge in [0.05, 0.1) is 12.7 Å². The molecule has 0 amide bonds. The first-order valence-electron chi connectivity index (χ1n) is 5.56. The molecule has 5 heteroatoms. The predicted molar refractivity (Wildman–Crippen MR) is 62.8 cm³/mol. The highest BCUT2D eigenvalue weighted by Gasteiger charge is 2.16. The SMILES string of the molecule is COC(=O)c1cc(N2CCNCC2)ccc1F. The van der Waals surface area contributed by atoms with Crippen molar-refractivity contribution < 1.29 is 13.9 Å². The smallest absolute Gasteiger partial charge is 0.340 e. The maximum atomic E-state index is 13.4. The van der Waals surface area contributed by atoms with Gasteiger partial charge in [0.25, 0.3) is 0 Å². The van der Waals surface area contributed by atoms with Crippen LogP contribution in [0.15, 0.2) is 18.2 Å². The fourth-order valence-corrected chi connectivity index (χ4v) is 1.90. The molecular weight excluding hydrogens is 223 g/mol. The summed E-state index contributed by atoms with van der Waals surface area (Å²) in [4.78, 5) is 13.5. The Hall–Kier alpha value is -1.62. The first-order valence-corrected chi connectivity index (χ1v) is 5.56. The molecule has 1 N–H and O–H groups in total. The fraction of sp³-hybridized carbons (Fsp3) is 0.417. The molecule has 0 aromatic heterocycles. The minimum absolute atomic E-state index is 0.0106. The normalized spacial score (nSPS) is 15.8. The molecule has 1 saturated heterocycles. The highest BCUT2D eigenvalue weighted by Crippen LogP contribution is 2.20. The Morgan fingerprint density at radius 1 is 1.41 bits per heavy atom. The summed E-state index contributed by atoms with van der Waals surface area (Å²) in [6, 6.07) is 4.54. The molecule has 1 heterocycles. The minimum atomic E-state index is -0.639. The van der Waals surface area contributed by atoms with Gasteiger partial charge in [0.1, 0.15) is 5.82 Å². The molecule has 1 fully saturated rings. The predicted octanol–water partition coefficient (Wildman–Crippen LogP) is 1.02. The van der Waals surface area contributed by atoms with Gasteiger partial charge in [-0.05, 0) is 18.2 Å². The van der Waals surface area contributed by atoms with Crippen LogP contribution in [0.4, 0.5) is 10.1 Å². The van der Waals surface area contributed by atoms with E-state index in [0.717, 1.165) is 31.9 Å². The minimum Gasteiger partial charge on any atom is -0.465 e. The summed E-state index contributed by atoms with van der Waals surface area (Å²) >= 11 is 0. The van der Waals surface area contributed by atoms with E-state index >= 15 is 0 Å². The van der Waals surface area contributed by atoms with Crippen LogP contribution in [0, 0.1) is 5.82 Å². The van der Waals surface area contributed by atoms with Crippen LogP contribution >= 0.6 is 0 Å². The first kappa shape index (κ1) is 11.9. The van der Waals surface area contributed by atoms with E-state index in [1.807, 2.05) is 0 Å². The zero-order chi connectivity index (χ0) is 12.3. The van der Waals surface area contributed by atoms with E-state index in [0.29, 0.717) is 0 Å². The standard InChI is InChI=1S/C12H15FN2O2/c1-17-12(16)10-8-9(2-3-11(10)13)15-6-4-14-5-7-15/h2-3,8,14H,4-7H2,1H3. The lowest BCUT2D eigenvalue weighted by atomic mass is 10.1. The average molecular weight is 238 g/mol. The largest absolute Gasteiger partial charge is 0.465 e. The molecule has 2 rings (SSSR count). The molecule has 0 spiro atoms. The van der Waals surface area contributed by atoms with Crippen LogP contribution < -0.4 is 10.2 Å². The monoisotopic (exact) mass is 238 g/mol. The van der Waals surface area contributed by atoms with Gasteiger partial charge in [-0.3, -0.25) is 0 Å².